The minimum atomic E-state index is -0.607. The average Bonchev–Trinajstić information content (AvgIpc) is 2.48. The summed E-state index contributed by atoms with van der Waals surface area (Å²) >= 11 is 5.69. The molecule has 21 heavy (non-hydrogen) atoms. The summed E-state index contributed by atoms with van der Waals surface area (Å²) in [6.45, 7) is 0.0554. The molecule has 3 nitrogen and oxygen atoms in total. The molecule has 0 bridgehead atoms. The molecular weight excluding hydrogens is 300 g/mol. The Morgan fingerprint density at radius 2 is 2.05 bits per heavy atom. The van der Waals surface area contributed by atoms with Gasteiger partial charge in [-0.1, -0.05) is 23.7 Å². The van der Waals surface area contributed by atoms with Crippen molar-refractivity contribution in [3.63, 3.8) is 0 Å². The molecule has 0 unspecified atom stereocenters. The smallest absolute Gasteiger partial charge is 0.339 e. The number of rotatable bonds is 4. The summed E-state index contributed by atoms with van der Waals surface area (Å²) < 4.78 is 31.7. The number of esters is 1. The highest BCUT2D eigenvalue weighted by Crippen LogP contribution is 2.22. The second kappa shape index (κ2) is 6.54. The van der Waals surface area contributed by atoms with E-state index in [1.165, 1.54) is 19.2 Å². The van der Waals surface area contributed by atoms with Gasteiger partial charge in [0.2, 0.25) is 0 Å². The Balaban J connectivity index is 2.25. The molecule has 0 aliphatic rings. The zero-order chi connectivity index (χ0) is 15.4. The Labute approximate surface area is 125 Å². The van der Waals surface area contributed by atoms with Crippen molar-refractivity contribution < 1.29 is 18.3 Å². The third-order valence-corrected chi connectivity index (χ3v) is 3.18. The topological polar surface area (TPSA) is 38.3 Å². The highest BCUT2D eigenvalue weighted by molar-refractivity contribution is 6.30. The second-order valence-corrected chi connectivity index (χ2v) is 4.66. The molecular formula is C15H12ClF2NO2. The van der Waals surface area contributed by atoms with Gasteiger partial charge >= 0.3 is 5.97 Å². The van der Waals surface area contributed by atoms with Crippen LogP contribution in [0.1, 0.15) is 15.9 Å². The van der Waals surface area contributed by atoms with Crippen LogP contribution >= 0.6 is 11.6 Å². The van der Waals surface area contributed by atoms with Gasteiger partial charge in [-0.25, -0.2) is 13.6 Å². The van der Waals surface area contributed by atoms with Crippen LogP contribution < -0.4 is 5.32 Å². The van der Waals surface area contributed by atoms with E-state index in [0.717, 1.165) is 12.1 Å². The lowest BCUT2D eigenvalue weighted by Gasteiger charge is -2.12. The van der Waals surface area contributed by atoms with Crippen molar-refractivity contribution in [2.45, 2.75) is 6.54 Å². The van der Waals surface area contributed by atoms with Crippen molar-refractivity contribution in [1.82, 2.24) is 0 Å². The van der Waals surface area contributed by atoms with E-state index in [2.05, 4.69) is 10.1 Å². The standard InChI is InChI=1S/C15H12ClF2NO2/c1-21-15(20)11-6-5-10(17)7-13(11)19-8-9-3-2-4-12(16)14(9)18/h2-7,19H,8H2,1H3. The van der Waals surface area contributed by atoms with E-state index in [4.69, 9.17) is 11.6 Å². The number of methoxy groups -OCH3 is 1. The molecule has 0 amide bonds. The molecule has 0 saturated carbocycles. The summed E-state index contributed by atoms with van der Waals surface area (Å²) in [4.78, 5) is 11.6. The summed E-state index contributed by atoms with van der Waals surface area (Å²) in [5.41, 5.74) is 0.699. The molecule has 1 N–H and O–H groups in total. The molecule has 0 radical (unpaired) electrons. The number of carbonyl (C=O) groups is 1. The maximum atomic E-state index is 13.8. The molecule has 0 aliphatic heterocycles. The van der Waals surface area contributed by atoms with Crippen molar-refractivity contribution in [3.8, 4) is 0 Å². The van der Waals surface area contributed by atoms with Crippen LogP contribution in [0.4, 0.5) is 14.5 Å². The predicted octanol–water partition coefficient (Wildman–Crippen LogP) is 4.02. The third kappa shape index (κ3) is 3.49. The van der Waals surface area contributed by atoms with Gasteiger partial charge in [0, 0.05) is 12.1 Å². The van der Waals surface area contributed by atoms with Crippen LogP contribution in [-0.2, 0) is 11.3 Å². The number of anilines is 1. The van der Waals surface area contributed by atoms with Crippen molar-refractivity contribution >= 4 is 23.3 Å². The normalized spacial score (nSPS) is 10.3. The lowest BCUT2D eigenvalue weighted by Crippen LogP contribution is -2.09. The molecule has 0 aromatic heterocycles. The molecule has 110 valence electrons. The Morgan fingerprint density at radius 1 is 1.29 bits per heavy atom. The van der Waals surface area contributed by atoms with E-state index in [1.54, 1.807) is 12.1 Å². The van der Waals surface area contributed by atoms with E-state index in [-0.39, 0.29) is 22.8 Å². The summed E-state index contributed by atoms with van der Waals surface area (Å²) in [5, 5.41) is 2.82. The highest BCUT2D eigenvalue weighted by atomic mass is 35.5. The minimum Gasteiger partial charge on any atom is -0.465 e. The van der Waals surface area contributed by atoms with E-state index >= 15 is 0 Å². The van der Waals surface area contributed by atoms with E-state index < -0.39 is 17.6 Å². The highest BCUT2D eigenvalue weighted by Gasteiger charge is 2.13. The predicted molar refractivity (Wildman–Crippen MR) is 76.5 cm³/mol. The van der Waals surface area contributed by atoms with Gasteiger partial charge in [-0.15, -0.1) is 0 Å². The van der Waals surface area contributed by atoms with Crippen LogP contribution in [0.2, 0.25) is 5.02 Å². The average molecular weight is 312 g/mol. The first kappa shape index (κ1) is 15.3. The van der Waals surface area contributed by atoms with Gasteiger partial charge < -0.3 is 10.1 Å². The Kier molecular flexibility index (Phi) is 4.75. The van der Waals surface area contributed by atoms with Crippen molar-refractivity contribution in [3.05, 3.63) is 64.2 Å². The summed E-state index contributed by atoms with van der Waals surface area (Å²) in [6, 6.07) is 8.19. The van der Waals surface area contributed by atoms with Crippen LogP contribution in [-0.4, -0.2) is 13.1 Å². The van der Waals surface area contributed by atoms with E-state index in [9.17, 15) is 13.6 Å². The van der Waals surface area contributed by atoms with Crippen molar-refractivity contribution in [2.75, 3.05) is 12.4 Å². The lowest BCUT2D eigenvalue weighted by molar-refractivity contribution is 0.0602. The first-order valence-electron chi connectivity index (χ1n) is 6.07. The zero-order valence-electron chi connectivity index (χ0n) is 11.1. The van der Waals surface area contributed by atoms with Crippen molar-refractivity contribution in [1.29, 1.82) is 0 Å². The number of hydrogen-bond donors (Lipinski definition) is 1. The molecule has 0 spiro atoms. The number of benzene rings is 2. The fourth-order valence-electron chi connectivity index (χ4n) is 1.83. The molecule has 2 rings (SSSR count). The SMILES string of the molecule is COC(=O)c1ccc(F)cc1NCc1cccc(Cl)c1F. The van der Waals surface area contributed by atoms with Crippen LogP contribution in [0.15, 0.2) is 36.4 Å². The van der Waals surface area contributed by atoms with Crippen molar-refractivity contribution in [2.24, 2.45) is 0 Å². The van der Waals surface area contributed by atoms with Gasteiger partial charge in [-0.05, 0) is 24.3 Å². The zero-order valence-corrected chi connectivity index (χ0v) is 11.9. The molecule has 0 saturated heterocycles. The minimum absolute atomic E-state index is 0.00161. The number of hydrogen-bond acceptors (Lipinski definition) is 3. The molecule has 2 aromatic carbocycles. The Bertz CT molecular complexity index is 677. The van der Waals surface area contributed by atoms with Crippen LogP contribution in [0.5, 0.6) is 0 Å². The fourth-order valence-corrected chi connectivity index (χ4v) is 2.02. The molecule has 0 atom stereocenters. The van der Waals surface area contributed by atoms with Crippen LogP contribution in [0, 0.1) is 11.6 Å². The number of ether oxygens (including phenoxy) is 1. The number of nitrogens with one attached hydrogen (secondary N) is 1. The number of halogens is 3. The van der Waals surface area contributed by atoms with E-state index in [1.807, 2.05) is 0 Å². The maximum absolute atomic E-state index is 13.8. The first-order valence-corrected chi connectivity index (χ1v) is 6.45. The van der Waals surface area contributed by atoms with Gasteiger partial charge in [-0.2, -0.15) is 0 Å². The van der Waals surface area contributed by atoms with Crippen LogP contribution in [0.3, 0.4) is 0 Å². The summed E-state index contributed by atoms with van der Waals surface area (Å²) in [7, 11) is 1.23. The number of carbonyl (C=O) groups excluding carboxylic acids is 1. The monoisotopic (exact) mass is 311 g/mol. The van der Waals surface area contributed by atoms with Gasteiger partial charge in [0.15, 0.2) is 0 Å². The van der Waals surface area contributed by atoms with Gasteiger partial charge in [0.05, 0.1) is 23.4 Å². The van der Waals surface area contributed by atoms with Gasteiger partial charge in [-0.3, -0.25) is 0 Å². The second-order valence-electron chi connectivity index (χ2n) is 4.25. The first-order chi connectivity index (χ1) is 10.0. The third-order valence-electron chi connectivity index (χ3n) is 2.89. The quantitative estimate of drug-likeness (QED) is 0.867. The van der Waals surface area contributed by atoms with Crippen LogP contribution in [0.25, 0.3) is 0 Å². The van der Waals surface area contributed by atoms with Gasteiger partial charge in [0.25, 0.3) is 0 Å². The largest absolute Gasteiger partial charge is 0.465 e. The molecule has 0 fully saturated rings. The molecule has 2 aromatic rings. The van der Waals surface area contributed by atoms with E-state index in [0.29, 0.717) is 5.56 Å². The molecule has 6 heteroatoms. The molecule has 0 aliphatic carbocycles. The summed E-state index contributed by atoms with van der Waals surface area (Å²) in [5.74, 6) is -1.68. The summed E-state index contributed by atoms with van der Waals surface area (Å²) in [6.07, 6.45) is 0. The molecule has 0 heterocycles. The Morgan fingerprint density at radius 3 is 2.76 bits per heavy atom. The Hall–Kier alpha value is -2.14. The van der Waals surface area contributed by atoms with Gasteiger partial charge in [0.1, 0.15) is 11.6 Å². The lowest BCUT2D eigenvalue weighted by atomic mass is 10.1. The maximum Gasteiger partial charge on any atom is 0.339 e. The fraction of sp³-hybridized carbons (Fsp3) is 0.133.